The highest BCUT2D eigenvalue weighted by Crippen LogP contribution is 2.46. The van der Waals surface area contributed by atoms with Crippen molar-refractivity contribution in [3.05, 3.63) is 95.7 Å². The van der Waals surface area contributed by atoms with Crippen molar-refractivity contribution in [2.24, 2.45) is 5.92 Å². The Morgan fingerprint density at radius 2 is 1.82 bits per heavy atom. The van der Waals surface area contributed by atoms with Gasteiger partial charge in [-0.05, 0) is 60.4 Å². The number of thiophene rings is 1. The monoisotopic (exact) mass is 458 g/mol. The molecule has 5 aromatic rings. The number of allylic oxidation sites excluding steroid dienone is 2. The van der Waals surface area contributed by atoms with Gasteiger partial charge < -0.3 is 0 Å². The molecule has 1 aliphatic heterocycles. The molecule has 2 aliphatic rings. The molecule has 166 valence electrons. The number of hydrogen-bond donors (Lipinski definition) is 0. The Labute approximate surface area is 205 Å². The number of hydrogen-bond acceptors (Lipinski definition) is 1. The molecule has 0 amide bonds. The molecular formula is C32H28NS+. The zero-order valence-corrected chi connectivity index (χ0v) is 20.6. The van der Waals surface area contributed by atoms with Crippen molar-refractivity contribution in [3.63, 3.8) is 0 Å². The predicted octanol–water partition coefficient (Wildman–Crippen LogP) is 8.55. The second-order valence-electron chi connectivity index (χ2n) is 10.1. The van der Waals surface area contributed by atoms with E-state index in [1.54, 1.807) is 5.57 Å². The van der Waals surface area contributed by atoms with Gasteiger partial charge in [-0.15, -0.1) is 11.3 Å². The van der Waals surface area contributed by atoms with Crippen LogP contribution in [0.1, 0.15) is 42.9 Å². The summed E-state index contributed by atoms with van der Waals surface area (Å²) in [5, 5.41) is 2.78. The van der Waals surface area contributed by atoms with Crippen LogP contribution < -0.4 is 4.57 Å². The Morgan fingerprint density at radius 3 is 2.68 bits per heavy atom. The van der Waals surface area contributed by atoms with Crippen molar-refractivity contribution in [3.8, 4) is 22.4 Å². The van der Waals surface area contributed by atoms with E-state index in [2.05, 4.69) is 97.4 Å². The number of pyridine rings is 1. The number of benzene rings is 3. The summed E-state index contributed by atoms with van der Waals surface area (Å²) in [6, 6.07) is 24.8. The summed E-state index contributed by atoms with van der Waals surface area (Å²) in [6.07, 6.45) is 8.78. The summed E-state index contributed by atoms with van der Waals surface area (Å²) in [7, 11) is 0. The van der Waals surface area contributed by atoms with E-state index in [4.69, 9.17) is 0 Å². The molecule has 0 saturated carbocycles. The van der Waals surface area contributed by atoms with E-state index in [1.165, 1.54) is 78.5 Å². The van der Waals surface area contributed by atoms with Crippen molar-refractivity contribution >= 4 is 37.1 Å². The lowest BCUT2D eigenvalue weighted by Crippen LogP contribution is -2.33. The molecule has 2 aromatic heterocycles. The SMILES string of the molecule is Cc1cc2[n+](cc1C1=CC(C)CCC1)Cc1ccc3c(sc4cccc(-c5ccccc5)c43)c1-2. The smallest absolute Gasteiger partial charge is 0.193 e. The zero-order chi connectivity index (χ0) is 22.8. The van der Waals surface area contributed by atoms with Crippen molar-refractivity contribution < 1.29 is 4.57 Å². The molecule has 3 aromatic carbocycles. The van der Waals surface area contributed by atoms with Crippen LogP contribution >= 0.6 is 11.3 Å². The fourth-order valence-electron chi connectivity index (χ4n) is 6.11. The standard InChI is InChI=1S/C32H28NS/c1-20-8-6-11-23(16-20)27-19-33-18-24-14-15-26-31-25(22-9-4-3-5-10-22)12-7-13-29(31)34-32(26)30(24)28(33)17-21(27)2/h3-5,7,9-10,12-17,19-20H,6,8,11,18H2,1-2H3/q+1. The Bertz CT molecular complexity index is 1620. The van der Waals surface area contributed by atoms with Crippen LogP contribution in [0.2, 0.25) is 0 Å². The van der Waals surface area contributed by atoms with Crippen LogP contribution in [0.4, 0.5) is 0 Å². The van der Waals surface area contributed by atoms with Crippen LogP contribution in [0, 0.1) is 12.8 Å². The van der Waals surface area contributed by atoms with Crippen molar-refractivity contribution in [1.29, 1.82) is 0 Å². The highest BCUT2D eigenvalue weighted by molar-refractivity contribution is 7.26. The van der Waals surface area contributed by atoms with Crippen LogP contribution in [0.15, 0.2) is 79.0 Å². The number of aromatic nitrogens is 1. The lowest BCUT2D eigenvalue weighted by molar-refractivity contribution is -0.672. The van der Waals surface area contributed by atoms with Gasteiger partial charge in [-0.2, -0.15) is 4.57 Å². The molecule has 1 nitrogen and oxygen atoms in total. The maximum absolute atomic E-state index is 2.51. The van der Waals surface area contributed by atoms with Gasteiger partial charge in [0.15, 0.2) is 12.7 Å². The van der Waals surface area contributed by atoms with E-state index in [-0.39, 0.29) is 0 Å². The first kappa shape index (κ1) is 20.2. The third-order valence-corrected chi connectivity index (χ3v) is 8.93. The van der Waals surface area contributed by atoms with Crippen molar-refractivity contribution in [2.45, 2.75) is 39.7 Å². The second-order valence-corrected chi connectivity index (χ2v) is 11.1. The molecule has 0 saturated heterocycles. The molecule has 34 heavy (non-hydrogen) atoms. The first-order valence-corrected chi connectivity index (χ1v) is 13.3. The third kappa shape index (κ3) is 3.02. The number of nitrogens with zero attached hydrogens (tertiary/aromatic N) is 1. The minimum absolute atomic E-state index is 0.690. The van der Waals surface area contributed by atoms with Gasteiger partial charge >= 0.3 is 0 Å². The summed E-state index contributed by atoms with van der Waals surface area (Å²) in [4.78, 5) is 0. The quantitative estimate of drug-likeness (QED) is 0.229. The van der Waals surface area contributed by atoms with Gasteiger partial charge in [-0.25, -0.2) is 0 Å². The van der Waals surface area contributed by atoms with Crippen LogP contribution in [-0.4, -0.2) is 0 Å². The molecular weight excluding hydrogens is 430 g/mol. The molecule has 7 rings (SSSR count). The fourth-order valence-corrected chi connectivity index (χ4v) is 7.42. The van der Waals surface area contributed by atoms with Gasteiger partial charge in [0.2, 0.25) is 5.69 Å². The predicted molar refractivity (Wildman–Crippen MR) is 145 cm³/mol. The molecule has 0 fully saturated rings. The molecule has 0 N–H and O–H groups in total. The summed E-state index contributed by atoms with van der Waals surface area (Å²) in [5.41, 5.74) is 11.3. The summed E-state index contributed by atoms with van der Waals surface area (Å²) >= 11 is 1.95. The van der Waals surface area contributed by atoms with E-state index in [1.807, 2.05) is 11.3 Å². The number of aryl methyl sites for hydroxylation is 1. The topological polar surface area (TPSA) is 3.88 Å². The summed E-state index contributed by atoms with van der Waals surface area (Å²) in [6.45, 7) is 5.62. The maximum Gasteiger partial charge on any atom is 0.215 e. The first-order valence-electron chi connectivity index (χ1n) is 12.5. The van der Waals surface area contributed by atoms with E-state index in [0.717, 1.165) is 6.54 Å². The minimum Gasteiger partial charge on any atom is -0.193 e. The number of fused-ring (bicyclic) bond motifs is 7. The van der Waals surface area contributed by atoms with Crippen LogP contribution in [-0.2, 0) is 6.54 Å². The largest absolute Gasteiger partial charge is 0.215 e. The summed E-state index contributed by atoms with van der Waals surface area (Å²) in [5.74, 6) is 0.690. The molecule has 0 radical (unpaired) electrons. The van der Waals surface area contributed by atoms with Gasteiger partial charge in [0, 0.05) is 37.4 Å². The molecule has 1 unspecified atom stereocenters. The molecule has 0 spiro atoms. The lowest BCUT2D eigenvalue weighted by Gasteiger charge is -2.18. The third-order valence-electron chi connectivity index (χ3n) is 7.74. The Morgan fingerprint density at radius 1 is 0.941 bits per heavy atom. The average Bonchev–Trinajstić information content (AvgIpc) is 3.41. The van der Waals surface area contributed by atoms with Crippen molar-refractivity contribution in [1.82, 2.24) is 0 Å². The van der Waals surface area contributed by atoms with Gasteiger partial charge in [0.1, 0.15) is 0 Å². The first-order chi connectivity index (χ1) is 16.7. The second kappa shape index (κ2) is 7.65. The molecule has 1 aliphatic carbocycles. The molecule has 0 bridgehead atoms. The van der Waals surface area contributed by atoms with Crippen molar-refractivity contribution in [2.75, 3.05) is 0 Å². The van der Waals surface area contributed by atoms with Gasteiger partial charge in [0.05, 0.1) is 5.56 Å². The van der Waals surface area contributed by atoms with Gasteiger partial charge in [-0.1, -0.05) is 67.6 Å². The highest BCUT2D eigenvalue weighted by Gasteiger charge is 2.31. The summed E-state index contributed by atoms with van der Waals surface area (Å²) < 4.78 is 5.30. The van der Waals surface area contributed by atoms with Crippen LogP contribution in [0.25, 0.3) is 48.1 Å². The lowest BCUT2D eigenvalue weighted by atomic mass is 9.87. The van der Waals surface area contributed by atoms with E-state index >= 15 is 0 Å². The molecule has 2 heteroatoms. The van der Waals surface area contributed by atoms with Crippen LogP contribution in [0.3, 0.4) is 0 Å². The minimum atomic E-state index is 0.690. The van der Waals surface area contributed by atoms with E-state index in [9.17, 15) is 0 Å². The molecule has 3 heterocycles. The van der Waals surface area contributed by atoms with E-state index < -0.39 is 0 Å². The normalized spacial score (nSPS) is 17.1. The molecule has 1 atom stereocenters. The highest BCUT2D eigenvalue weighted by atomic mass is 32.1. The average molecular weight is 459 g/mol. The number of rotatable bonds is 2. The zero-order valence-electron chi connectivity index (χ0n) is 19.8. The van der Waals surface area contributed by atoms with E-state index in [0.29, 0.717) is 5.92 Å². The maximum atomic E-state index is 2.51. The van der Waals surface area contributed by atoms with Gasteiger partial charge in [0.25, 0.3) is 0 Å². The Kier molecular flexibility index (Phi) is 4.54. The Balaban J connectivity index is 1.44. The van der Waals surface area contributed by atoms with Crippen LogP contribution in [0.5, 0.6) is 0 Å². The fraction of sp³-hybridized carbons (Fsp3) is 0.219. The Hall–Kier alpha value is -3.23. The van der Waals surface area contributed by atoms with Gasteiger partial charge in [-0.3, -0.25) is 0 Å².